The van der Waals surface area contributed by atoms with Crippen molar-refractivity contribution in [2.24, 2.45) is 5.92 Å². The molecule has 0 radical (unpaired) electrons. The average Bonchev–Trinajstić information content (AvgIpc) is 3.45. The van der Waals surface area contributed by atoms with Crippen LogP contribution in [-0.2, 0) is 0 Å². The molecular weight excluding hydrogens is 370 g/mol. The van der Waals surface area contributed by atoms with Crippen LogP contribution in [0, 0.1) is 12.8 Å². The Morgan fingerprint density at radius 2 is 1.97 bits per heavy atom. The quantitative estimate of drug-likeness (QED) is 0.719. The second-order valence-corrected chi connectivity index (χ2v) is 7.45. The van der Waals surface area contributed by atoms with E-state index in [9.17, 15) is 4.79 Å². The Bertz CT molecular complexity index is 1050. The third-order valence-corrected chi connectivity index (χ3v) is 5.36. The number of nitrogens with zero attached hydrogens (tertiary/aromatic N) is 4. The minimum absolute atomic E-state index is 0.0437. The fourth-order valence-electron chi connectivity index (χ4n) is 3.71. The lowest BCUT2D eigenvalue weighted by Gasteiger charge is -2.23. The predicted octanol–water partition coefficient (Wildman–Crippen LogP) is 2.62. The van der Waals surface area contributed by atoms with Gasteiger partial charge in [0.15, 0.2) is 11.5 Å². The molecule has 8 heteroatoms. The molecule has 2 heterocycles. The first-order valence-electron chi connectivity index (χ1n) is 9.73. The lowest BCUT2D eigenvalue weighted by Crippen LogP contribution is -2.30. The fourth-order valence-corrected chi connectivity index (χ4v) is 3.71. The topological polar surface area (TPSA) is 91.2 Å². The first-order valence-corrected chi connectivity index (χ1v) is 9.73. The number of carbonyl (C=O) groups excluding carboxylic acids is 1. The van der Waals surface area contributed by atoms with E-state index in [1.54, 1.807) is 10.7 Å². The fraction of sp³-hybridized carbons (Fsp3) is 0.333. The Labute approximate surface area is 167 Å². The van der Waals surface area contributed by atoms with Crippen LogP contribution in [0.25, 0.3) is 5.69 Å². The third kappa shape index (κ3) is 3.53. The molecule has 5 rings (SSSR count). The maximum absolute atomic E-state index is 13.0. The number of ether oxygens (including phenoxy) is 2. The summed E-state index contributed by atoms with van der Waals surface area (Å²) in [5.74, 6) is 1.86. The van der Waals surface area contributed by atoms with Gasteiger partial charge in [-0.05, 0) is 77.6 Å². The van der Waals surface area contributed by atoms with E-state index in [4.69, 9.17) is 9.47 Å². The first-order chi connectivity index (χ1) is 14.2. The van der Waals surface area contributed by atoms with Crippen molar-refractivity contribution in [1.82, 2.24) is 25.5 Å². The number of amides is 1. The summed E-state index contributed by atoms with van der Waals surface area (Å²) in [6, 6.07) is 11.4. The smallest absolute Gasteiger partial charge is 0.251 e. The standard InChI is InChI=1S/C21H21N5O3/c1-13-10-16(4-6-17(13)26-12-22-24-25-26)21(27)23-20(14-2-3-14)15-5-7-18-19(11-15)29-9-8-28-18/h4-7,10-12,14,20H,2-3,8-9H2,1H3,(H,23,27). The molecule has 1 aromatic heterocycles. The van der Waals surface area contributed by atoms with Gasteiger partial charge in [0.25, 0.3) is 5.91 Å². The monoisotopic (exact) mass is 391 g/mol. The van der Waals surface area contributed by atoms with Crippen LogP contribution in [0.4, 0.5) is 0 Å². The summed E-state index contributed by atoms with van der Waals surface area (Å²) in [6.45, 7) is 3.05. The molecule has 1 amide bonds. The summed E-state index contributed by atoms with van der Waals surface area (Å²) < 4.78 is 12.9. The van der Waals surface area contributed by atoms with E-state index in [2.05, 4.69) is 20.8 Å². The van der Waals surface area contributed by atoms with Crippen LogP contribution in [0.15, 0.2) is 42.7 Å². The van der Waals surface area contributed by atoms with Crippen molar-refractivity contribution in [1.29, 1.82) is 0 Å². The van der Waals surface area contributed by atoms with Crippen molar-refractivity contribution in [2.45, 2.75) is 25.8 Å². The number of hydrogen-bond acceptors (Lipinski definition) is 6. The number of aryl methyl sites for hydroxylation is 1. The second kappa shape index (κ2) is 7.20. The molecule has 0 bridgehead atoms. The van der Waals surface area contributed by atoms with Crippen LogP contribution < -0.4 is 14.8 Å². The molecule has 29 heavy (non-hydrogen) atoms. The van der Waals surface area contributed by atoms with Gasteiger partial charge in [-0.3, -0.25) is 4.79 Å². The van der Waals surface area contributed by atoms with E-state index in [-0.39, 0.29) is 11.9 Å². The van der Waals surface area contributed by atoms with Crippen molar-refractivity contribution in [3.63, 3.8) is 0 Å². The molecule has 1 aliphatic heterocycles. The number of hydrogen-bond donors (Lipinski definition) is 1. The SMILES string of the molecule is Cc1cc(C(=O)NC(c2ccc3c(c2)OCCO3)C2CC2)ccc1-n1cnnn1. The van der Waals surface area contributed by atoms with Crippen molar-refractivity contribution in [3.8, 4) is 17.2 Å². The second-order valence-electron chi connectivity index (χ2n) is 7.45. The van der Waals surface area contributed by atoms with Crippen molar-refractivity contribution in [2.75, 3.05) is 13.2 Å². The van der Waals surface area contributed by atoms with Gasteiger partial charge in [0, 0.05) is 5.56 Å². The summed E-state index contributed by atoms with van der Waals surface area (Å²) >= 11 is 0. The van der Waals surface area contributed by atoms with E-state index in [1.165, 1.54) is 6.33 Å². The Morgan fingerprint density at radius 3 is 2.69 bits per heavy atom. The van der Waals surface area contributed by atoms with Crippen LogP contribution in [0.5, 0.6) is 11.5 Å². The van der Waals surface area contributed by atoms with E-state index in [0.717, 1.165) is 41.2 Å². The lowest BCUT2D eigenvalue weighted by atomic mass is 10.0. The summed E-state index contributed by atoms with van der Waals surface area (Å²) in [5, 5.41) is 14.4. The Hall–Kier alpha value is -3.42. The maximum Gasteiger partial charge on any atom is 0.251 e. The molecule has 1 saturated carbocycles. The number of aromatic nitrogens is 4. The highest BCUT2D eigenvalue weighted by molar-refractivity contribution is 5.95. The molecular formula is C21H21N5O3. The first kappa shape index (κ1) is 17.7. The van der Waals surface area contributed by atoms with Gasteiger partial charge in [0.05, 0.1) is 11.7 Å². The van der Waals surface area contributed by atoms with Gasteiger partial charge in [-0.1, -0.05) is 6.07 Å². The Balaban J connectivity index is 1.38. The predicted molar refractivity (Wildman–Crippen MR) is 104 cm³/mol. The van der Waals surface area contributed by atoms with Crippen LogP contribution in [0.1, 0.15) is 40.4 Å². The molecule has 2 aromatic carbocycles. The molecule has 1 atom stereocenters. The molecule has 0 saturated heterocycles. The molecule has 2 aliphatic rings. The highest BCUT2D eigenvalue weighted by Crippen LogP contribution is 2.43. The molecule has 3 aromatic rings. The zero-order chi connectivity index (χ0) is 19.8. The summed E-state index contributed by atoms with van der Waals surface area (Å²) in [6.07, 6.45) is 3.75. The van der Waals surface area contributed by atoms with Gasteiger partial charge in [0.1, 0.15) is 19.5 Å². The molecule has 1 N–H and O–H groups in total. The van der Waals surface area contributed by atoms with E-state index < -0.39 is 0 Å². The van der Waals surface area contributed by atoms with Crippen LogP contribution in [0.2, 0.25) is 0 Å². The minimum Gasteiger partial charge on any atom is -0.486 e. The third-order valence-electron chi connectivity index (χ3n) is 5.36. The summed E-state index contributed by atoms with van der Waals surface area (Å²) in [5.41, 5.74) is 3.43. The zero-order valence-corrected chi connectivity index (χ0v) is 16.0. The van der Waals surface area contributed by atoms with Crippen LogP contribution in [-0.4, -0.2) is 39.3 Å². The average molecular weight is 391 g/mol. The number of fused-ring (bicyclic) bond motifs is 1. The number of nitrogens with one attached hydrogen (secondary N) is 1. The van der Waals surface area contributed by atoms with Gasteiger partial charge >= 0.3 is 0 Å². The van der Waals surface area contributed by atoms with Crippen molar-refractivity contribution >= 4 is 5.91 Å². The largest absolute Gasteiger partial charge is 0.486 e. The summed E-state index contributed by atoms with van der Waals surface area (Å²) in [7, 11) is 0. The van der Waals surface area contributed by atoms with Crippen molar-refractivity contribution < 1.29 is 14.3 Å². The highest BCUT2D eigenvalue weighted by Gasteiger charge is 2.34. The number of carbonyl (C=O) groups is 1. The zero-order valence-electron chi connectivity index (χ0n) is 16.0. The number of benzene rings is 2. The van der Waals surface area contributed by atoms with Gasteiger partial charge in [0.2, 0.25) is 0 Å². The molecule has 1 unspecified atom stereocenters. The van der Waals surface area contributed by atoms with Crippen molar-refractivity contribution in [3.05, 3.63) is 59.4 Å². The van der Waals surface area contributed by atoms with Crippen LogP contribution in [0.3, 0.4) is 0 Å². The van der Waals surface area contributed by atoms with E-state index >= 15 is 0 Å². The van der Waals surface area contributed by atoms with E-state index in [1.807, 2.05) is 37.3 Å². The number of rotatable bonds is 5. The van der Waals surface area contributed by atoms with Gasteiger partial charge < -0.3 is 14.8 Å². The molecule has 148 valence electrons. The highest BCUT2D eigenvalue weighted by atomic mass is 16.6. The lowest BCUT2D eigenvalue weighted by molar-refractivity contribution is 0.0931. The van der Waals surface area contributed by atoms with Gasteiger partial charge in [-0.2, -0.15) is 0 Å². The Morgan fingerprint density at radius 1 is 1.14 bits per heavy atom. The molecule has 8 nitrogen and oxygen atoms in total. The van der Waals surface area contributed by atoms with E-state index in [0.29, 0.717) is 24.7 Å². The normalized spacial score (nSPS) is 16.3. The minimum atomic E-state index is -0.0943. The summed E-state index contributed by atoms with van der Waals surface area (Å²) in [4.78, 5) is 13.0. The van der Waals surface area contributed by atoms with Crippen LogP contribution >= 0.6 is 0 Å². The maximum atomic E-state index is 13.0. The number of tetrazole rings is 1. The van der Waals surface area contributed by atoms with Gasteiger partial charge in [-0.25, -0.2) is 4.68 Å². The van der Waals surface area contributed by atoms with Gasteiger partial charge in [-0.15, -0.1) is 5.10 Å². The Kier molecular flexibility index (Phi) is 4.38. The molecule has 1 fully saturated rings. The molecule has 0 spiro atoms. The molecule has 1 aliphatic carbocycles.